The van der Waals surface area contributed by atoms with E-state index in [0.717, 1.165) is 11.8 Å². The Bertz CT molecular complexity index is 105. The third kappa shape index (κ3) is 3.36. The van der Waals surface area contributed by atoms with Crippen LogP contribution in [0.25, 0.3) is 0 Å². The molecule has 1 nitrogen and oxygen atoms in total. The number of hydrogen-bond acceptors (Lipinski definition) is 1. The summed E-state index contributed by atoms with van der Waals surface area (Å²) in [6, 6.07) is 0. The fraction of sp³-hybridized carbons (Fsp3) is 0. The molecule has 0 saturated heterocycles. The first kappa shape index (κ1) is 5.36. The van der Waals surface area contributed by atoms with Gasteiger partial charge >= 0.3 is 5.94 Å². The van der Waals surface area contributed by atoms with E-state index in [1.807, 2.05) is 0 Å². The van der Waals surface area contributed by atoms with Crippen molar-refractivity contribution in [3.8, 4) is 11.7 Å². The fourth-order valence-corrected chi connectivity index (χ4v) is 0.181. The summed E-state index contributed by atoms with van der Waals surface area (Å²) in [6.07, 6.45) is 4.75. The number of carbonyl (C=O) groups excluding carboxylic acids is 1. The van der Waals surface area contributed by atoms with E-state index in [-0.39, 0.29) is 0 Å². The Morgan fingerprint density at radius 3 is 2.67 bits per heavy atom. The van der Waals surface area contributed by atoms with Crippen LogP contribution in [0.4, 0.5) is 0 Å². The Kier molecular flexibility index (Phi) is 3.89. The highest BCUT2D eigenvalue weighted by Gasteiger charge is 1.64. The van der Waals surface area contributed by atoms with Crippen molar-refractivity contribution < 1.29 is 4.79 Å². The number of terminal acetylenes is 1. The Morgan fingerprint density at radius 1 is 1.83 bits per heavy atom. The maximum atomic E-state index is 7.78. The molecule has 0 heterocycles. The maximum Gasteiger partial charge on any atom is 0.349 e. The SMILES string of the molecule is C#CSC=C=[OH+]. The summed E-state index contributed by atoms with van der Waals surface area (Å²) < 4.78 is 0. The summed E-state index contributed by atoms with van der Waals surface area (Å²) in [5.74, 6) is 1.76. The molecule has 6 heavy (non-hydrogen) atoms. The van der Waals surface area contributed by atoms with Gasteiger partial charge < -0.3 is 0 Å². The highest BCUT2D eigenvalue weighted by Crippen LogP contribution is 1.90. The van der Waals surface area contributed by atoms with Crippen LogP contribution in [-0.4, -0.2) is 10.7 Å². The van der Waals surface area contributed by atoms with Crippen molar-refractivity contribution in [2.24, 2.45) is 0 Å². The first-order valence-corrected chi connectivity index (χ1v) is 2.12. The second-order valence-corrected chi connectivity index (χ2v) is 1.19. The average molecular weight is 99.1 g/mol. The Hall–Kier alpha value is -0.640. The summed E-state index contributed by atoms with van der Waals surface area (Å²) >= 11 is 1.05. The zero-order chi connectivity index (χ0) is 4.83. The van der Waals surface area contributed by atoms with Crippen LogP contribution in [0.15, 0.2) is 5.41 Å². The molecule has 0 unspecified atom stereocenters. The molecular weight excluding hydrogens is 96.1 g/mol. The minimum Gasteiger partial charge on any atom is -0.223 e. The zero-order valence-electron chi connectivity index (χ0n) is 3.01. The van der Waals surface area contributed by atoms with Gasteiger partial charge in [0.25, 0.3) is 0 Å². The quantitative estimate of drug-likeness (QED) is 0.268. The minimum atomic E-state index is 1.05. The van der Waals surface area contributed by atoms with Crippen LogP contribution < -0.4 is 0 Å². The van der Waals surface area contributed by atoms with Crippen molar-refractivity contribution in [3.05, 3.63) is 5.41 Å². The Labute approximate surface area is 40.4 Å². The van der Waals surface area contributed by atoms with Gasteiger partial charge in [-0.3, -0.25) is 0 Å². The van der Waals surface area contributed by atoms with Gasteiger partial charge in [-0.1, -0.05) is 0 Å². The van der Waals surface area contributed by atoms with Crippen molar-refractivity contribution in [3.63, 3.8) is 0 Å². The van der Waals surface area contributed by atoms with Gasteiger partial charge in [-0.2, -0.15) is 0 Å². The van der Waals surface area contributed by atoms with Crippen LogP contribution in [0.1, 0.15) is 0 Å². The first-order valence-electron chi connectivity index (χ1n) is 1.24. The zero-order valence-corrected chi connectivity index (χ0v) is 3.83. The molecule has 0 aliphatic heterocycles. The molecule has 0 amide bonds. The lowest BCUT2D eigenvalue weighted by Crippen LogP contribution is -1.41. The summed E-state index contributed by atoms with van der Waals surface area (Å²) in [6.45, 7) is 0. The largest absolute Gasteiger partial charge is 0.349 e. The molecule has 30 valence electrons. The molecule has 0 aliphatic carbocycles. The highest BCUT2D eigenvalue weighted by molar-refractivity contribution is 8.06. The molecule has 0 bridgehead atoms. The van der Waals surface area contributed by atoms with Gasteiger partial charge in [0.15, 0.2) is 0 Å². The molecule has 0 aromatic heterocycles. The molecular formula is C4H3OS+. The lowest BCUT2D eigenvalue weighted by Gasteiger charge is -1.55. The number of hydrogen-bond donors (Lipinski definition) is 0. The van der Waals surface area contributed by atoms with Crippen LogP contribution in [-0.2, 0) is 0 Å². The van der Waals surface area contributed by atoms with E-state index in [4.69, 9.17) is 11.2 Å². The van der Waals surface area contributed by atoms with E-state index in [1.54, 1.807) is 5.94 Å². The second kappa shape index (κ2) is 4.36. The topological polar surface area (TPSA) is 21.4 Å². The van der Waals surface area contributed by atoms with E-state index in [2.05, 4.69) is 5.25 Å². The van der Waals surface area contributed by atoms with E-state index < -0.39 is 0 Å². The van der Waals surface area contributed by atoms with Crippen molar-refractivity contribution in [1.82, 2.24) is 0 Å². The predicted molar refractivity (Wildman–Crippen MR) is 27.9 cm³/mol. The molecule has 0 aromatic rings. The van der Waals surface area contributed by atoms with Crippen molar-refractivity contribution in [2.75, 3.05) is 0 Å². The molecule has 0 aromatic carbocycles. The molecule has 2 heteroatoms. The van der Waals surface area contributed by atoms with Crippen molar-refractivity contribution in [2.45, 2.75) is 0 Å². The number of thioether (sulfide) groups is 1. The van der Waals surface area contributed by atoms with Gasteiger partial charge in [-0.05, 0) is 17.0 Å². The summed E-state index contributed by atoms with van der Waals surface area (Å²) in [4.78, 5) is 7.78. The monoisotopic (exact) mass is 99.0 g/mol. The molecule has 0 rings (SSSR count). The van der Waals surface area contributed by atoms with E-state index >= 15 is 0 Å². The van der Waals surface area contributed by atoms with Crippen LogP contribution in [0.5, 0.6) is 0 Å². The minimum absolute atomic E-state index is 1.05. The van der Waals surface area contributed by atoms with E-state index in [1.165, 1.54) is 5.41 Å². The van der Waals surface area contributed by atoms with Gasteiger partial charge in [0.05, 0.1) is 0 Å². The van der Waals surface area contributed by atoms with E-state index in [9.17, 15) is 0 Å². The first-order chi connectivity index (χ1) is 2.91. The van der Waals surface area contributed by atoms with Crippen LogP contribution >= 0.6 is 11.8 Å². The van der Waals surface area contributed by atoms with Crippen LogP contribution in [0.3, 0.4) is 0 Å². The summed E-state index contributed by atoms with van der Waals surface area (Å²) in [5, 5.41) is 3.50. The standard InChI is InChI=1S/C4H2OS/c1-2-6-4-3-5/h1,4H/p+1. The van der Waals surface area contributed by atoms with Gasteiger partial charge in [0.1, 0.15) is 5.41 Å². The van der Waals surface area contributed by atoms with Crippen molar-refractivity contribution in [1.29, 1.82) is 0 Å². The maximum absolute atomic E-state index is 7.78. The van der Waals surface area contributed by atoms with Gasteiger partial charge in [0, 0.05) is 0 Å². The third-order valence-electron chi connectivity index (χ3n) is 0.180. The molecule has 0 atom stereocenters. The third-order valence-corrected chi connectivity index (χ3v) is 0.539. The summed E-state index contributed by atoms with van der Waals surface area (Å²) in [5.41, 5.74) is 0. The lowest BCUT2D eigenvalue weighted by molar-refractivity contribution is 0.702. The predicted octanol–water partition coefficient (Wildman–Crippen LogP) is 0.598. The lowest BCUT2D eigenvalue weighted by atomic mass is 11.2. The average Bonchev–Trinajstić information content (AvgIpc) is 1.61. The molecule has 0 aliphatic rings. The van der Waals surface area contributed by atoms with Crippen LogP contribution in [0, 0.1) is 11.7 Å². The number of rotatable bonds is 1. The van der Waals surface area contributed by atoms with Gasteiger partial charge in [0.2, 0.25) is 0 Å². The Morgan fingerprint density at radius 2 is 2.50 bits per heavy atom. The van der Waals surface area contributed by atoms with Gasteiger partial charge in [-0.25, -0.2) is 4.79 Å². The van der Waals surface area contributed by atoms with Crippen molar-refractivity contribution >= 4 is 17.7 Å². The van der Waals surface area contributed by atoms with E-state index in [0.29, 0.717) is 0 Å². The normalized spacial score (nSPS) is 5.17. The molecule has 0 radical (unpaired) electrons. The molecule has 1 N–H and O–H groups in total. The fourth-order valence-electron chi connectivity index (χ4n) is 0.0604. The smallest absolute Gasteiger partial charge is 0.223 e. The molecule has 0 fully saturated rings. The Balaban J connectivity index is 3.16. The van der Waals surface area contributed by atoms with Crippen LogP contribution in [0.2, 0.25) is 0 Å². The molecule has 0 saturated carbocycles. The highest BCUT2D eigenvalue weighted by atomic mass is 32.2. The summed E-state index contributed by atoms with van der Waals surface area (Å²) in [7, 11) is 0. The second-order valence-electron chi connectivity index (χ2n) is 0.483. The van der Waals surface area contributed by atoms with Gasteiger partial charge in [-0.15, -0.1) is 6.42 Å². The molecule has 0 spiro atoms.